The van der Waals surface area contributed by atoms with E-state index in [4.69, 9.17) is 0 Å². The van der Waals surface area contributed by atoms with Crippen LogP contribution < -0.4 is 10.0 Å². The van der Waals surface area contributed by atoms with E-state index < -0.39 is 22.0 Å². The van der Waals surface area contributed by atoms with Crippen LogP contribution in [0.1, 0.15) is 16.8 Å². The molecular formula is C12H14N2O5S. The first-order valence-electron chi connectivity index (χ1n) is 5.90. The number of nitrogens with one attached hydrogen (secondary N) is 2. The van der Waals surface area contributed by atoms with Crippen LogP contribution in [0.3, 0.4) is 0 Å². The second-order valence-corrected chi connectivity index (χ2v) is 6.00. The molecule has 7 nitrogen and oxygen atoms in total. The number of sulfonamides is 1. The first kappa shape index (κ1) is 14.5. The van der Waals surface area contributed by atoms with Gasteiger partial charge in [-0.3, -0.25) is 4.79 Å². The molecule has 0 spiro atoms. The summed E-state index contributed by atoms with van der Waals surface area (Å²) in [4.78, 5) is 22.5. The summed E-state index contributed by atoms with van der Waals surface area (Å²) in [6.07, 6.45) is 0.0830. The Kier molecular flexibility index (Phi) is 4.05. The van der Waals surface area contributed by atoms with Gasteiger partial charge in [0.2, 0.25) is 15.9 Å². The summed E-state index contributed by atoms with van der Waals surface area (Å²) in [7, 11) is -2.72. The van der Waals surface area contributed by atoms with Crippen molar-refractivity contribution < 1.29 is 22.7 Å². The summed E-state index contributed by atoms with van der Waals surface area (Å²) in [6.45, 7) is 0.235. The number of carbonyl (C=O) groups excluding carboxylic acids is 2. The fourth-order valence-corrected chi connectivity index (χ4v) is 3.38. The fraction of sp³-hybridized carbons (Fsp3) is 0.333. The van der Waals surface area contributed by atoms with Crippen molar-refractivity contribution >= 4 is 21.9 Å². The van der Waals surface area contributed by atoms with Crippen molar-refractivity contribution in [1.29, 1.82) is 0 Å². The summed E-state index contributed by atoms with van der Waals surface area (Å²) in [5.74, 6) is -0.939. The lowest BCUT2D eigenvalue weighted by Gasteiger charge is -2.13. The van der Waals surface area contributed by atoms with Gasteiger partial charge in [0, 0.05) is 19.0 Å². The van der Waals surface area contributed by atoms with E-state index in [-0.39, 0.29) is 29.3 Å². The summed E-state index contributed by atoms with van der Waals surface area (Å²) in [6, 6.07) is 5.24. The van der Waals surface area contributed by atoms with E-state index in [1.165, 1.54) is 25.3 Å². The summed E-state index contributed by atoms with van der Waals surface area (Å²) < 4.78 is 31.5. The van der Waals surface area contributed by atoms with Gasteiger partial charge in [0.1, 0.15) is 0 Å². The van der Waals surface area contributed by atoms with Gasteiger partial charge in [0.25, 0.3) is 0 Å². The lowest BCUT2D eigenvalue weighted by molar-refractivity contribution is -0.119. The number of amides is 1. The number of rotatable bonds is 4. The highest BCUT2D eigenvalue weighted by atomic mass is 32.2. The number of ether oxygens (including phenoxy) is 1. The molecule has 1 fully saturated rings. The second-order valence-electron chi connectivity index (χ2n) is 4.31. The molecule has 0 bridgehead atoms. The maximum Gasteiger partial charge on any atom is 0.339 e. The number of hydrogen-bond acceptors (Lipinski definition) is 5. The Morgan fingerprint density at radius 1 is 1.40 bits per heavy atom. The van der Waals surface area contributed by atoms with Crippen LogP contribution in [-0.2, 0) is 19.6 Å². The molecule has 8 heteroatoms. The molecule has 1 atom stereocenters. The molecule has 1 heterocycles. The Labute approximate surface area is 116 Å². The average molecular weight is 298 g/mol. The van der Waals surface area contributed by atoms with E-state index >= 15 is 0 Å². The smallest absolute Gasteiger partial charge is 0.339 e. The molecule has 2 rings (SSSR count). The third-order valence-corrected chi connectivity index (χ3v) is 4.46. The molecule has 1 aromatic carbocycles. The third kappa shape index (κ3) is 2.97. The molecule has 0 aliphatic carbocycles. The predicted molar refractivity (Wildman–Crippen MR) is 69.5 cm³/mol. The molecule has 0 aromatic heterocycles. The lowest BCUT2D eigenvalue weighted by Crippen LogP contribution is -2.36. The number of benzene rings is 1. The fourth-order valence-electron chi connectivity index (χ4n) is 1.95. The van der Waals surface area contributed by atoms with Crippen molar-refractivity contribution in [3.8, 4) is 0 Å². The number of carbonyl (C=O) groups is 2. The SMILES string of the molecule is COC(=O)c1ccccc1S(=O)(=O)NC1CNC(=O)C1. The Morgan fingerprint density at radius 3 is 2.70 bits per heavy atom. The minimum absolute atomic E-state index is 0.0419. The van der Waals surface area contributed by atoms with E-state index in [9.17, 15) is 18.0 Å². The largest absolute Gasteiger partial charge is 0.465 e. The summed E-state index contributed by atoms with van der Waals surface area (Å²) in [5.41, 5.74) is -0.0419. The highest BCUT2D eigenvalue weighted by Crippen LogP contribution is 2.17. The Hall–Kier alpha value is -1.93. The zero-order valence-corrected chi connectivity index (χ0v) is 11.6. The van der Waals surface area contributed by atoms with Gasteiger partial charge in [-0.1, -0.05) is 12.1 Å². The molecule has 1 aliphatic rings. The van der Waals surface area contributed by atoms with Crippen molar-refractivity contribution in [1.82, 2.24) is 10.0 Å². The van der Waals surface area contributed by atoms with Crippen LogP contribution in [0.4, 0.5) is 0 Å². The zero-order valence-electron chi connectivity index (χ0n) is 10.8. The standard InChI is InChI=1S/C12H14N2O5S/c1-19-12(16)9-4-2-3-5-10(9)20(17,18)14-8-6-11(15)13-7-8/h2-5,8,14H,6-7H2,1H3,(H,13,15). The maximum atomic E-state index is 12.3. The van der Waals surface area contributed by atoms with E-state index in [1.54, 1.807) is 6.07 Å². The van der Waals surface area contributed by atoms with Crippen LogP contribution >= 0.6 is 0 Å². The average Bonchev–Trinajstić information content (AvgIpc) is 2.82. The van der Waals surface area contributed by atoms with Crippen LogP contribution in [0.2, 0.25) is 0 Å². The number of hydrogen-bond donors (Lipinski definition) is 2. The molecule has 1 aromatic rings. The first-order chi connectivity index (χ1) is 9.44. The summed E-state index contributed by atoms with van der Waals surface area (Å²) >= 11 is 0. The van der Waals surface area contributed by atoms with Crippen LogP contribution in [0.5, 0.6) is 0 Å². The number of esters is 1. The van der Waals surface area contributed by atoms with Crippen LogP contribution in [0.25, 0.3) is 0 Å². The molecule has 1 unspecified atom stereocenters. The van der Waals surface area contributed by atoms with Gasteiger partial charge in [-0.25, -0.2) is 17.9 Å². The van der Waals surface area contributed by atoms with Gasteiger partial charge in [-0.05, 0) is 12.1 Å². The third-order valence-electron chi connectivity index (χ3n) is 2.88. The molecule has 20 heavy (non-hydrogen) atoms. The van der Waals surface area contributed by atoms with E-state index in [1.807, 2.05) is 0 Å². The lowest BCUT2D eigenvalue weighted by atomic mass is 10.2. The maximum absolute atomic E-state index is 12.3. The molecule has 1 amide bonds. The Balaban J connectivity index is 2.30. The van der Waals surface area contributed by atoms with Crippen molar-refractivity contribution in [3.05, 3.63) is 29.8 Å². The van der Waals surface area contributed by atoms with Gasteiger partial charge < -0.3 is 10.1 Å². The van der Waals surface area contributed by atoms with Gasteiger partial charge in [-0.15, -0.1) is 0 Å². The minimum atomic E-state index is -3.90. The van der Waals surface area contributed by atoms with Crippen molar-refractivity contribution in [3.63, 3.8) is 0 Å². The predicted octanol–water partition coefficient (Wildman–Crippen LogP) is -0.360. The van der Waals surface area contributed by atoms with E-state index in [0.29, 0.717) is 0 Å². The molecule has 108 valence electrons. The highest BCUT2D eigenvalue weighted by Gasteiger charge is 2.29. The molecule has 0 radical (unpaired) electrons. The van der Waals surface area contributed by atoms with Crippen LogP contribution in [0.15, 0.2) is 29.2 Å². The van der Waals surface area contributed by atoms with Gasteiger partial charge in [0.05, 0.1) is 17.6 Å². The molecule has 1 aliphatic heterocycles. The Bertz CT molecular complexity index is 641. The van der Waals surface area contributed by atoms with Crippen molar-refractivity contribution in [2.75, 3.05) is 13.7 Å². The van der Waals surface area contributed by atoms with Crippen molar-refractivity contribution in [2.24, 2.45) is 0 Å². The van der Waals surface area contributed by atoms with Crippen LogP contribution in [0, 0.1) is 0 Å². The Morgan fingerprint density at radius 2 is 2.10 bits per heavy atom. The van der Waals surface area contributed by atoms with Crippen LogP contribution in [-0.4, -0.2) is 40.0 Å². The molecular weight excluding hydrogens is 284 g/mol. The van der Waals surface area contributed by atoms with E-state index in [0.717, 1.165) is 0 Å². The highest BCUT2D eigenvalue weighted by molar-refractivity contribution is 7.89. The zero-order chi connectivity index (χ0) is 14.8. The molecule has 0 saturated carbocycles. The molecule has 2 N–H and O–H groups in total. The monoisotopic (exact) mass is 298 g/mol. The molecule has 1 saturated heterocycles. The van der Waals surface area contributed by atoms with Gasteiger partial charge in [0.15, 0.2) is 0 Å². The topological polar surface area (TPSA) is 102 Å². The first-order valence-corrected chi connectivity index (χ1v) is 7.38. The normalized spacial score (nSPS) is 18.6. The summed E-state index contributed by atoms with van der Waals surface area (Å²) in [5, 5.41) is 2.53. The quantitative estimate of drug-likeness (QED) is 0.739. The minimum Gasteiger partial charge on any atom is -0.465 e. The van der Waals surface area contributed by atoms with Crippen molar-refractivity contribution in [2.45, 2.75) is 17.4 Å². The van der Waals surface area contributed by atoms with E-state index in [2.05, 4.69) is 14.8 Å². The number of methoxy groups -OCH3 is 1. The second kappa shape index (κ2) is 5.59. The van der Waals surface area contributed by atoms with Gasteiger partial charge in [-0.2, -0.15) is 0 Å². The van der Waals surface area contributed by atoms with Gasteiger partial charge >= 0.3 is 5.97 Å².